The maximum Gasteiger partial charge on any atom is 0.363 e. The zero-order valence-corrected chi connectivity index (χ0v) is 15.5. The van der Waals surface area contributed by atoms with E-state index in [2.05, 4.69) is 20.9 Å². The van der Waals surface area contributed by atoms with Gasteiger partial charge in [0.15, 0.2) is 5.70 Å². The van der Waals surface area contributed by atoms with Gasteiger partial charge in [0.05, 0.1) is 12.7 Å². The fourth-order valence-corrected chi connectivity index (χ4v) is 2.84. The number of esters is 1. The van der Waals surface area contributed by atoms with E-state index in [0.29, 0.717) is 16.3 Å². The number of nitrogens with zero attached hydrogens (tertiary/aromatic N) is 1. The van der Waals surface area contributed by atoms with Crippen molar-refractivity contribution in [2.75, 3.05) is 7.11 Å². The lowest BCUT2D eigenvalue weighted by Gasteiger charge is -2.07. The molecule has 25 heavy (non-hydrogen) atoms. The van der Waals surface area contributed by atoms with Crippen LogP contribution in [0.4, 0.5) is 0 Å². The zero-order chi connectivity index (χ0) is 17.8. The Kier molecular flexibility index (Phi) is 5.36. The summed E-state index contributed by atoms with van der Waals surface area (Å²) in [4.78, 5) is 16.3. The second-order valence-electron chi connectivity index (χ2n) is 5.12. The Bertz CT molecular complexity index is 904. The van der Waals surface area contributed by atoms with Crippen LogP contribution >= 0.6 is 27.5 Å². The third-order valence-electron chi connectivity index (χ3n) is 3.39. The predicted molar refractivity (Wildman–Crippen MR) is 102 cm³/mol. The minimum Gasteiger partial charge on any atom is -0.496 e. The number of carbonyl (C=O) groups is 1. The van der Waals surface area contributed by atoms with Gasteiger partial charge in [-0.25, -0.2) is 9.79 Å². The summed E-state index contributed by atoms with van der Waals surface area (Å²) in [7, 11) is 1.54. The van der Waals surface area contributed by atoms with Gasteiger partial charge in [0.2, 0.25) is 5.90 Å². The van der Waals surface area contributed by atoms with Crippen molar-refractivity contribution in [3.63, 3.8) is 0 Å². The van der Waals surface area contributed by atoms with Crippen LogP contribution in [-0.2, 0) is 9.53 Å². The fraction of sp³-hybridized carbons (Fsp3) is 0.0526. The van der Waals surface area contributed by atoms with E-state index >= 15 is 0 Å². The molecule has 2 aromatic carbocycles. The summed E-state index contributed by atoms with van der Waals surface area (Å²) in [5.41, 5.74) is 1.64. The average molecular weight is 419 g/mol. The Labute approximate surface area is 158 Å². The van der Waals surface area contributed by atoms with E-state index in [9.17, 15) is 4.79 Å². The molecular formula is C19H13BrClNO3. The number of methoxy groups -OCH3 is 1. The highest BCUT2D eigenvalue weighted by Gasteiger charge is 2.26. The number of rotatable bonds is 4. The molecule has 0 N–H and O–H groups in total. The third-order valence-corrected chi connectivity index (χ3v) is 4.10. The average Bonchev–Trinajstić information content (AvgIpc) is 2.96. The molecule has 3 rings (SSSR count). The van der Waals surface area contributed by atoms with Crippen molar-refractivity contribution in [2.24, 2.45) is 4.99 Å². The molecule has 0 atom stereocenters. The topological polar surface area (TPSA) is 47.9 Å². The van der Waals surface area contributed by atoms with Gasteiger partial charge in [-0.05, 0) is 35.9 Å². The summed E-state index contributed by atoms with van der Waals surface area (Å²) in [6.07, 6.45) is 3.23. The SMILES string of the molecule is COc1ccc(Br)cc1C1=N/C(=C/C(Cl)=C/c2ccccc2)C(=O)O1. The minimum atomic E-state index is -0.559. The second kappa shape index (κ2) is 7.68. The molecule has 0 aromatic heterocycles. The summed E-state index contributed by atoms with van der Waals surface area (Å²) in [5, 5.41) is 0.379. The summed E-state index contributed by atoms with van der Waals surface area (Å²) < 4.78 is 11.4. The first-order valence-electron chi connectivity index (χ1n) is 7.35. The van der Waals surface area contributed by atoms with Crippen molar-refractivity contribution in [2.45, 2.75) is 0 Å². The van der Waals surface area contributed by atoms with Crippen LogP contribution in [0.2, 0.25) is 0 Å². The molecule has 0 radical (unpaired) electrons. The molecule has 126 valence electrons. The molecule has 1 aliphatic heterocycles. The van der Waals surface area contributed by atoms with Gasteiger partial charge in [-0.1, -0.05) is 57.9 Å². The lowest BCUT2D eigenvalue weighted by atomic mass is 10.2. The highest BCUT2D eigenvalue weighted by molar-refractivity contribution is 9.10. The second-order valence-corrected chi connectivity index (χ2v) is 6.47. The first-order valence-corrected chi connectivity index (χ1v) is 8.52. The lowest BCUT2D eigenvalue weighted by Crippen LogP contribution is -2.07. The van der Waals surface area contributed by atoms with E-state index in [1.807, 2.05) is 36.4 Å². The molecule has 1 aliphatic rings. The van der Waals surface area contributed by atoms with Crippen LogP contribution in [0, 0.1) is 0 Å². The Morgan fingerprint density at radius 2 is 2.00 bits per heavy atom. The highest BCUT2D eigenvalue weighted by Crippen LogP contribution is 2.28. The molecule has 0 spiro atoms. The quantitative estimate of drug-likeness (QED) is 0.523. The third kappa shape index (κ3) is 4.18. The molecule has 6 heteroatoms. The smallest absolute Gasteiger partial charge is 0.363 e. The van der Waals surface area contributed by atoms with Crippen LogP contribution in [0.3, 0.4) is 0 Å². The monoisotopic (exact) mass is 417 g/mol. The van der Waals surface area contributed by atoms with Crippen LogP contribution < -0.4 is 4.74 Å². The van der Waals surface area contributed by atoms with E-state index in [0.717, 1.165) is 10.0 Å². The van der Waals surface area contributed by atoms with Gasteiger partial charge in [-0.15, -0.1) is 0 Å². The molecule has 4 nitrogen and oxygen atoms in total. The minimum absolute atomic E-state index is 0.134. The molecule has 0 aliphatic carbocycles. The number of hydrogen-bond donors (Lipinski definition) is 0. The Morgan fingerprint density at radius 3 is 2.72 bits per heavy atom. The first-order chi connectivity index (χ1) is 12.1. The number of cyclic esters (lactones) is 1. The molecule has 0 fully saturated rings. The van der Waals surface area contributed by atoms with Crippen LogP contribution in [0.5, 0.6) is 5.75 Å². The molecule has 0 saturated heterocycles. The van der Waals surface area contributed by atoms with Crippen LogP contribution in [0.25, 0.3) is 6.08 Å². The van der Waals surface area contributed by atoms with Gasteiger partial charge in [0.1, 0.15) is 5.75 Å². The largest absolute Gasteiger partial charge is 0.496 e. The maximum atomic E-state index is 12.1. The number of aliphatic imine (C=N–C) groups is 1. The summed E-state index contributed by atoms with van der Waals surface area (Å²) in [5.74, 6) is 0.178. The number of carbonyl (C=O) groups excluding carboxylic acids is 1. The molecule has 0 saturated carbocycles. The van der Waals surface area contributed by atoms with Crippen molar-refractivity contribution in [1.29, 1.82) is 0 Å². The Balaban J connectivity index is 1.93. The van der Waals surface area contributed by atoms with E-state index in [1.54, 1.807) is 25.3 Å². The summed E-state index contributed by atoms with van der Waals surface area (Å²) in [6.45, 7) is 0. The van der Waals surface area contributed by atoms with Gasteiger partial charge >= 0.3 is 5.97 Å². The maximum absolute atomic E-state index is 12.1. The van der Waals surface area contributed by atoms with Crippen molar-refractivity contribution < 1.29 is 14.3 Å². The molecule has 0 bridgehead atoms. The number of allylic oxidation sites excluding steroid dienone is 2. The zero-order valence-electron chi connectivity index (χ0n) is 13.2. The molecular weight excluding hydrogens is 406 g/mol. The fourth-order valence-electron chi connectivity index (χ4n) is 2.25. The number of halogens is 2. The number of ether oxygens (including phenoxy) is 2. The van der Waals surface area contributed by atoms with Crippen molar-refractivity contribution in [3.05, 3.63) is 80.9 Å². The standard InChI is InChI=1S/C19H13BrClNO3/c1-24-17-8-7-13(20)10-15(17)18-22-16(19(23)25-18)11-14(21)9-12-5-3-2-4-6-12/h2-11H,1H3/b14-9-,16-11+. The van der Waals surface area contributed by atoms with Crippen molar-refractivity contribution >= 4 is 45.5 Å². The summed E-state index contributed by atoms with van der Waals surface area (Å²) >= 11 is 9.60. The van der Waals surface area contributed by atoms with Crippen LogP contribution in [-0.4, -0.2) is 19.0 Å². The van der Waals surface area contributed by atoms with Crippen LogP contribution in [0.1, 0.15) is 11.1 Å². The van der Waals surface area contributed by atoms with E-state index in [4.69, 9.17) is 21.1 Å². The van der Waals surface area contributed by atoms with Gasteiger partial charge in [-0.2, -0.15) is 0 Å². The van der Waals surface area contributed by atoms with E-state index < -0.39 is 5.97 Å². The van der Waals surface area contributed by atoms with Crippen molar-refractivity contribution in [1.82, 2.24) is 0 Å². The van der Waals surface area contributed by atoms with Gasteiger partial charge in [0, 0.05) is 9.51 Å². The van der Waals surface area contributed by atoms with E-state index in [-0.39, 0.29) is 11.6 Å². The molecule has 1 heterocycles. The first kappa shape index (κ1) is 17.5. The normalized spacial score (nSPS) is 16.0. The predicted octanol–water partition coefficient (Wildman–Crippen LogP) is 4.92. The molecule has 0 amide bonds. The number of hydrogen-bond acceptors (Lipinski definition) is 4. The summed E-state index contributed by atoms with van der Waals surface area (Å²) in [6, 6.07) is 14.9. The van der Waals surface area contributed by atoms with Gasteiger partial charge < -0.3 is 9.47 Å². The van der Waals surface area contributed by atoms with Crippen LogP contribution in [0.15, 0.2) is 74.8 Å². The lowest BCUT2D eigenvalue weighted by molar-refractivity contribution is -0.130. The highest BCUT2D eigenvalue weighted by atomic mass is 79.9. The van der Waals surface area contributed by atoms with Gasteiger partial charge in [-0.3, -0.25) is 0 Å². The number of benzene rings is 2. The van der Waals surface area contributed by atoms with Crippen molar-refractivity contribution in [3.8, 4) is 5.75 Å². The Hall–Kier alpha value is -2.37. The Morgan fingerprint density at radius 1 is 1.24 bits per heavy atom. The van der Waals surface area contributed by atoms with E-state index in [1.165, 1.54) is 6.08 Å². The molecule has 0 unspecified atom stereocenters. The van der Waals surface area contributed by atoms with Gasteiger partial charge in [0.25, 0.3) is 0 Å². The molecule has 2 aromatic rings.